The first-order chi connectivity index (χ1) is 9.67. The van der Waals surface area contributed by atoms with E-state index in [0.29, 0.717) is 6.42 Å². The number of hydrogen-bond acceptors (Lipinski definition) is 3. The highest BCUT2D eigenvalue weighted by atomic mass is 19.1. The fraction of sp³-hybridized carbons (Fsp3) is 0.625. The molecule has 0 aliphatic carbocycles. The molecule has 0 spiro atoms. The van der Waals surface area contributed by atoms with Crippen molar-refractivity contribution in [1.29, 1.82) is 0 Å². The first-order valence-electron chi connectivity index (χ1n) is 7.39. The molecule has 0 aromatic heterocycles. The number of halogens is 1. The van der Waals surface area contributed by atoms with Crippen molar-refractivity contribution in [2.24, 2.45) is 0 Å². The van der Waals surface area contributed by atoms with Crippen LogP contribution in [0.4, 0.5) is 4.39 Å². The summed E-state index contributed by atoms with van der Waals surface area (Å²) < 4.78 is 23.7. The van der Waals surface area contributed by atoms with Gasteiger partial charge in [-0.3, -0.25) is 9.29 Å². The van der Waals surface area contributed by atoms with Gasteiger partial charge in [-0.2, -0.15) is 0 Å². The maximum Gasteiger partial charge on any atom is 0.120 e. The first-order valence-corrected chi connectivity index (χ1v) is 7.39. The quantitative estimate of drug-likeness (QED) is 0.765. The van der Waals surface area contributed by atoms with Crippen molar-refractivity contribution in [3.05, 3.63) is 24.3 Å². The maximum absolute atomic E-state index is 12.1. The lowest BCUT2D eigenvalue weighted by Crippen LogP contribution is -2.26. The predicted molar refractivity (Wildman–Crippen MR) is 78.3 cm³/mol. The molecule has 3 nitrogen and oxygen atoms in total. The summed E-state index contributed by atoms with van der Waals surface area (Å²) in [6.07, 6.45) is 2.02. The zero-order chi connectivity index (χ0) is 14.4. The van der Waals surface area contributed by atoms with Gasteiger partial charge in [-0.05, 0) is 51.0 Å². The average molecular weight is 281 g/mol. The van der Waals surface area contributed by atoms with E-state index in [1.54, 1.807) is 0 Å². The first kappa shape index (κ1) is 15.1. The minimum absolute atomic E-state index is 0.181. The highest BCUT2D eigenvalue weighted by Gasteiger charge is 2.23. The Morgan fingerprint density at radius 1 is 1.25 bits per heavy atom. The van der Waals surface area contributed by atoms with Gasteiger partial charge < -0.3 is 9.47 Å². The number of nitrogens with zero attached hydrogens (tertiary/aromatic N) is 1. The van der Waals surface area contributed by atoms with Crippen molar-refractivity contribution in [2.75, 3.05) is 26.3 Å². The van der Waals surface area contributed by atoms with E-state index in [0.717, 1.165) is 37.6 Å². The molecule has 0 bridgehead atoms. The van der Waals surface area contributed by atoms with Crippen LogP contribution in [0.15, 0.2) is 24.3 Å². The summed E-state index contributed by atoms with van der Waals surface area (Å²) in [5, 5.41) is 0. The molecule has 20 heavy (non-hydrogen) atoms. The largest absolute Gasteiger partial charge is 0.491 e. The molecule has 2 rings (SSSR count). The van der Waals surface area contributed by atoms with Crippen molar-refractivity contribution >= 4 is 0 Å². The van der Waals surface area contributed by atoms with Crippen molar-refractivity contribution < 1.29 is 13.9 Å². The number of rotatable bonds is 7. The summed E-state index contributed by atoms with van der Waals surface area (Å²) in [5.74, 6) is 1.74. The van der Waals surface area contributed by atoms with Crippen LogP contribution in [0.2, 0.25) is 0 Å². The van der Waals surface area contributed by atoms with Crippen molar-refractivity contribution in [2.45, 2.75) is 38.9 Å². The van der Waals surface area contributed by atoms with E-state index >= 15 is 0 Å². The molecule has 1 aromatic carbocycles. The summed E-state index contributed by atoms with van der Waals surface area (Å²) >= 11 is 0. The summed E-state index contributed by atoms with van der Waals surface area (Å²) in [5.41, 5.74) is 0. The third-order valence-electron chi connectivity index (χ3n) is 3.34. The lowest BCUT2D eigenvalue weighted by molar-refractivity contribution is 0.197. The highest BCUT2D eigenvalue weighted by Crippen LogP contribution is 2.22. The van der Waals surface area contributed by atoms with Crippen LogP contribution in [0, 0.1) is 0 Å². The molecule has 1 aliphatic heterocycles. The number of alkyl halides is 1. The van der Waals surface area contributed by atoms with Crippen LogP contribution in [0.3, 0.4) is 0 Å². The molecule has 1 aromatic rings. The Hall–Kier alpha value is -1.29. The second-order valence-corrected chi connectivity index (χ2v) is 5.51. The minimum Gasteiger partial charge on any atom is -0.491 e. The van der Waals surface area contributed by atoms with Crippen molar-refractivity contribution in [3.8, 4) is 11.5 Å². The number of benzene rings is 1. The molecule has 0 unspecified atom stereocenters. The lowest BCUT2D eigenvalue weighted by atomic mass is 10.3. The average Bonchev–Trinajstić information content (AvgIpc) is 2.86. The molecular weight excluding hydrogens is 257 g/mol. The number of ether oxygens (including phenoxy) is 2. The molecule has 0 N–H and O–H groups in total. The third-order valence-corrected chi connectivity index (χ3v) is 3.34. The Morgan fingerprint density at radius 2 is 1.95 bits per heavy atom. The van der Waals surface area contributed by atoms with Gasteiger partial charge in [0.05, 0.1) is 12.8 Å². The standard InChI is InChI=1S/C16H24FNO2/c1-13(2)19-14-4-6-15(7-5-14)20-16-8-11-18(12-16)10-3-9-17/h4-7,13,16H,3,8-12H2,1-2H3/t16-/m0/s1. The maximum atomic E-state index is 12.1. The number of likely N-dealkylation sites (tertiary alicyclic amines) is 1. The molecule has 0 radical (unpaired) electrons. The van der Waals surface area contributed by atoms with Crippen LogP contribution in [0.1, 0.15) is 26.7 Å². The van der Waals surface area contributed by atoms with Gasteiger partial charge in [0, 0.05) is 19.6 Å². The minimum atomic E-state index is -0.237. The molecular formula is C16H24FNO2. The SMILES string of the molecule is CC(C)Oc1ccc(O[C@H]2CCN(CCCF)C2)cc1. The Balaban J connectivity index is 1.79. The van der Waals surface area contributed by atoms with Gasteiger partial charge in [-0.1, -0.05) is 0 Å². The molecule has 0 amide bonds. The van der Waals surface area contributed by atoms with Gasteiger partial charge in [-0.25, -0.2) is 0 Å². The molecule has 1 aliphatic rings. The summed E-state index contributed by atoms with van der Waals surface area (Å²) in [7, 11) is 0. The van der Waals surface area contributed by atoms with Gasteiger partial charge in [-0.15, -0.1) is 0 Å². The monoisotopic (exact) mass is 281 g/mol. The van der Waals surface area contributed by atoms with Crippen LogP contribution < -0.4 is 9.47 Å². The van der Waals surface area contributed by atoms with E-state index in [1.165, 1.54) is 0 Å². The lowest BCUT2D eigenvalue weighted by Gasteiger charge is -2.16. The molecule has 1 heterocycles. The fourth-order valence-electron chi connectivity index (χ4n) is 2.44. The van der Waals surface area contributed by atoms with E-state index < -0.39 is 0 Å². The summed E-state index contributed by atoms with van der Waals surface area (Å²) in [6, 6.07) is 7.76. The van der Waals surface area contributed by atoms with Crippen LogP contribution >= 0.6 is 0 Å². The Bertz CT molecular complexity index is 394. The van der Waals surface area contributed by atoms with Gasteiger partial charge in [0.2, 0.25) is 0 Å². The molecule has 112 valence electrons. The highest BCUT2D eigenvalue weighted by molar-refractivity contribution is 5.31. The van der Waals surface area contributed by atoms with Crippen molar-refractivity contribution in [3.63, 3.8) is 0 Å². The second kappa shape index (κ2) is 7.48. The second-order valence-electron chi connectivity index (χ2n) is 5.51. The Kier molecular flexibility index (Phi) is 5.65. The topological polar surface area (TPSA) is 21.7 Å². The van der Waals surface area contributed by atoms with E-state index in [4.69, 9.17) is 9.47 Å². The molecule has 0 saturated carbocycles. The number of hydrogen-bond donors (Lipinski definition) is 0. The smallest absolute Gasteiger partial charge is 0.120 e. The summed E-state index contributed by atoms with van der Waals surface area (Å²) in [6.45, 7) is 6.50. The molecule has 1 saturated heterocycles. The van der Waals surface area contributed by atoms with E-state index in [2.05, 4.69) is 4.90 Å². The van der Waals surface area contributed by atoms with Crippen LogP contribution in [0.5, 0.6) is 11.5 Å². The molecule has 4 heteroatoms. The fourth-order valence-corrected chi connectivity index (χ4v) is 2.44. The Morgan fingerprint density at radius 3 is 2.60 bits per heavy atom. The van der Waals surface area contributed by atoms with Crippen molar-refractivity contribution in [1.82, 2.24) is 4.90 Å². The van der Waals surface area contributed by atoms with Crippen LogP contribution in [-0.4, -0.2) is 43.4 Å². The predicted octanol–water partition coefficient (Wildman–Crippen LogP) is 3.29. The normalized spacial score (nSPS) is 19.5. The van der Waals surface area contributed by atoms with Gasteiger partial charge in [0.1, 0.15) is 17.6 Å². The summed E-state index contributed by atoms with van der Waals surface area (Å²) in [4.78, 5) is 2.26. The van der Waals surface area contributed by atoms with E-state index in [1.807, 2.05) is 38.1 Å². The van der Waals surface area contributed by atoms with Gasteiger partial charge in [0.15, 0.2) is 0 Å². The van der Waals surface area contributed by atoms with Crippen LogP contribution in [0.25, 0.3) is 0 Å². The zero-order valence-corrected chi connectivity index (χ0v) is 12.3. The van der Waals surface area contributed by atoms with E-state index in [-0.39, 0.29) is 18.9 Å². The molecule has 1 atom stereocenters. The molecule has 1 fully saturated rings. The Labute approximate surface area is 120 Å². The van der Waals surface area contributed by atoms with E-state index in [9.17, 15) is 4.39 Å². The van der Waals surface area contributed by atoms with Gasteiger partial charge >= 0.3 is 0 Å². The zero-order valence-electron chi connectivity index (χ0n) is 12.3. The third kappa shape index (κ3) is 4.67. The van der Waals surface area contributed by atoms with Crippen LogP contribution in [-0.2, 0) is 0 Å². The van der Waals surface area contributed by atoms with Gasteiger partial charge in [0.25, 0.3) is 0 Å².